The molecule has 1 N–H and O–H groups in total. The maximum Gasteiger partial charge on any atom is 0.415 e. The van der Waals surface area contributed by atoms with E-state index in [4.69, 9.17) is 28.6 Å². The smallest absolute Gasteiger partial charge is 0.415 e. The summed E-state index contributed by atoms with van der Waals surface area (Å²) in [6, 6.07) is 25.1. The predicted molar refractivity (Wildman–Crippen MR) is 206 cm³/mol. The highest BCUT2D eigenvalue weighted by atomic mass is 16.6. The lowest BCUT2D eigenvalue weighted by molar-refractivity contribution is 0.0240. The Labute approximate surface area is 307 Å². The maximum absolute atomic E-state index is 12.6. The Morgan fingerprint density at radius 3 is 2.32 bits per heavy atom. The van der Waals surface area contributed by atoms with Gasteiger partial charge in [-0.3, -0.25) is 0 Å². The predicted octanol–water partition coefficient (Wildman–Crippen LogP) is 8.27. The van der Waals surface area contributed by atoms with Gasteiger partial charge in [0.2, 0.25) is 5.95 Å². The number of nitrogens with zero attached hydrogens (tertiary/aromatic N) is 5. The number of aromatic nitrogens is 2. The van der Waals surface area contributed by atoms with Crippen molar-refractivity contribution in [1.29, 1.82) is 0 Å². The highest BCUT2D eigenvalue weighted by Gasteiger charge is 2.27. The Morgan fingerprint density at radius 1 is 0.887 bits per heavy atom. The van der Waals surface area contributed by atoms with Crippen LogP contribution in [0.25, 0.3) is 44.1 Å². The second-order valence-electron chi connectivity index (χ2n) is 14.0. The lowest BCUT2D eigenvalue weighted by atomic mass is 10.1. The minimum atomic E-state index is -0.534. The third-order valence-corrected chi connectivity index (χ3v) is 9.21. The lowest BCUT2D eigenvalue weighted by Gasteiger charge is -2.35. The molecule has 0 aliphatic carbocycles. The van der Waals surface area contributed by atoms with E-state index < -0.39 is 5.60 Å². The first-order valence-electron chi connectivity index (χ1n) is 17.9. The molecule has 12 heteroatoms. The van der Waals surface area contributed by atoms with Crippen LogP contribution in [0, 0.1) is 0 Å². The quantitative estimate of drug-likeness (QED) is 0.164. The van der Waals surface area contributed by atoms with Crippen LogP contribution in [0.5, 0.6) is 11.5 Å². The number of benzene rings is 4. The SMILES string of the molecule is CCN(CC)C(=O)Oc1ccc(N=c2cc(-c3ccc4nc(N5CCN(C(=O)OC(C)(C)C)CC5)[nH]c4c3)oc3cc4ccc(OC)cc4cc23)cc1. The van der Waals surface area contributed by atoms with Crippen LogP contribution in [0.2, 0.25) is 0 Å². The van der Waals surface area contributed by atoms with E-state index in [-0.39, 0.29) is 12.2 Å². The summed E-state index contributed by atoms with van der Waals surface area (Å²) in [6.07, 6.45) is -0.679. The van der Waals surface area contributed by atoms with Crippen LogP contribution in [0.4, 0.5) is 21.2 Å². The molecule has 4 aromatic carbocycles. The molecule has 0 radical (unpaired) electrons. The van der Waals surface area contributed by atoms with Gasteiger partial charge < -0.3 is 38.3 Å². The van der Waals surface area contributed by atoms with Gasteiger partial charge in [-0.1, -0.05) is 6.07 Å². The van der Waals surface area contributed by atoms with Crippen LogP contribution >= 0.6 is 0 Å². The van der Waals surface area contributed by atoms with Crippen molar-refractivity contribution in [2.45, 2.75) is 40.2 Å². The van der Waals surface area contributed by atoms with Crippen molar-refractivity contribution in [3.8, 4) is 22.8 Å². The topological polar surface area (TPSA) is 126 Å². The standard InChI is InChI=1S/C41H44N6O6/c1-7-45(8-2)39(48)51-30-14-11-29(12-15-30)42-34-25-36(52-37-24-26-9-13-31(50-6)21-28(26)22-32(34)37)27-10-16-33-35(23-27)44-38(43-33)46-17-19-47(20-18-46)40(49)53-41(3,4)5/h9-16,21-25H,7-8,17-20H2,1-6H3,(H,43,44). The van der Waals surface area contributed by atoms with E-state index in [1.807, 2.05) is 95.3 Å². The average Bonchev–Trinajstić information content (AvgIpc) is 3.58. The Bertz CT molecular complexity index is 2360. The first-order valence-corrected chi connectivity index (χ1v) is 17.9. The van der Waals surface area contributed by atoms with Gasteiger partial charge in [-0.25, -0.2) is 19.6 Å². The molecule has 2 aromatic heterocycles. The van der Waals surface area contributed by atoms with Gasteiger partial charge in [-0.2, -0.15) is 0 Å². The molecule has 53 heavy (non-hydrogen) atoms. The number of H-pyrrole nitrogens is 1. The third-order valence-electron chi connectivity index (χ3n) is 9.21. The molecule has 0 bridgehead atoms. The summed E-state index contributed by atoms with van der Waals surface area (Å²) in [7, 11) is 1.65. The van der Waals surface area contributed by atoms with E-state index in [1.165, 1.54) is 0 Å². The van der Waals surface area contributed by atoms with Gasteiger partial charge in [0.1, 0.15) is 28.4 Å². The summed E-state index contributed by atoms with van der Waals surface area (Å²) < 4.78 is 23.2. The van der Waals surface area contributed by atoms with E-state index in [2.05, 4.69) is 16.0 Å². The fourth-order valence-electron chi connectivity index (χ4n) is 6.35. The van der Waals surface area contributed by atoms with E-state index in [0.717, 1.165) is 44.5 Å². The monoisotopic (exact) mass is 716 g/mol. The molecule has 7 rings (SSSR count). The van der Waals surface area contributed by atoms with Gasteiger partial charge in [0.25, 0.3) is 0 Å². The van der Waals surface area contributed by atoms with Gasteiger partial charge in [0.15, 0.2) is 0 Å². The molecule has 1 fully saturated rings. The van der Waals surface area contributed by atoms with Crippen LogP contribution in [0.3, 0.4) is 0 Å². The van der Waals surface area contributed by atoms with Crippen LogP contribution in [0.15, 0.2) is 88.3 Å². The van der Waals surface area contributed by atoms with Crippen molar-refractivity contribution >= 4 is 56.6 Å². The molecule has 0 atom stereocenters. The number of aromatic amines is 1. The van der Waals surface area contributed by atoms with Gasteiger partial charge in [0, 0.05) is 56.3 Å². The number of imidazole rings is 1. The highest BCUT2D eigenvalue weighted by molar-refractivity contribution is 5.97. The molecule has 274 valence electrons. The normalized spacial score (nSPS) is 13.9. The number of carbonyl (C=O) groups excluding carboxylic acids is 2. The van der Waals surface area contributed by atoms with Crippen molar-refractivity contribution in [2.75, 3.05) is 51.3 Å². The fourth-order valence-corrected chi connectivity index (χ4v) is 6.35. The molecular weight excluding hydrogens is 672 g/mol. The number of methoxy groups -OCH3 is 1. The van der Waals surface area contributed by atoms with Crippen molar-refractivity contribution in [1.82, 2.24) is 19.8 Å². The van der Waals surface area contributed by atoms with E-state index in [9.17, 15) is 9.59 Å². The third kappa shape index (κ3) is 7.76. The zero-order chi connectivity index (χ0) is 37.3. The number of rotatable bonds is 7. The zero-order valence-electron chi connectivity index (χ0n) is 30.9. The minimum absolute atomic E-state index is 0.294. The molecule has 6 aromatic rings. The summed E-state index contributed by atoms with van der Waals surface area (Å²) in [5.74, 6) is 2.60. The molecule has 3 heterocycles. The first kappa shape index (κ1) is 35.4. The second-order valence-corrected chi connectivity index (χ2v) is 14.0. The van der Waals surface area contributed by atoms with Crippen LogP contribution in [-0.4, -0.2) is 83.9 Å². The molecule has 0 spiro atoms. The zero-order valence-corrected chi connectivity index (χ0v) is 30.9. The summed E-state index contributed by atoms with van der Waals surface area (Å²) in [5.41, 5.74) is 3.38. The number of hydrogen-bond acceptors (Lipinski definition) is 9. The van der Waals surface area contributed by atoms with Crippen molar-refractivity contribution in [2.24, 2.45) is 4.99 Å². The van der Waals surface area contributed by atoms with Gasteiger partial charge in [0.05, 0.1) is 29.2 Å². The van der Waals surface area contributed by atoms with Crippen molar-refractivity contribution < 1.29 is 28.2 Å². The summed E-state index contributed by atoms with van der Waals surface area (Å²) in [6.45, 7) is 13.0. The molecule has 1 saturated heterocycles. The van der Waals surface area contributed by atoms with Crippen LogP contribution in [-0.2, 0) is 4.74 Å². The highest BCUT2D eigenvalue weighted by Crippen LogP contribution is 2.31. The summed E-state index contributed by atoms with van der Waals surface area (Å²) in [5, 5.41) is 3.55. The Kier molecular flexibility index (Phi) is 9.70. The Hall–Kier alpha value is -6.04. The number of nitrogens with one attached hydrogen (secondary N) is 1. The van der Waals surface area contributed by atoms with Gasteiger partial charge in [-0.05, 0) is 112 Å². The molecule has 0 unspecified atom stereocenters. The average molecular weight is 717 g/mol. The largest absolute Gasteiger partial charge is 0.497 e. The van der Waals surface area contributed by atoms with Crippen LogP contribution in [0.1, 0.15) is 34.6 Å². The summed E-state index contributed by atoms with van der Waals surface area (Å²) >= 11 is 0. The number of amides is 2. The fraction of sp³-hybridized carbons (Fsp3) is 0.317. The first-order chi connectivity index (χ1) is 25.5. The lowest BCUT2D eigenvalue weighted by Crippen LogP contribution is -2.50. The van der Waals surface area contributed by atoms with E-state index in [0.29, 0.717) is 67.4 Å². The molecule has 1 aliphatic heterocycles. The van der Waals surface area contributed by atoms with E-state index >= 15 is 0 Å². The molecule has 12 nitrogen and oxygen atoms in total. The number of anilines is 1. The van der Waals surface area contributed by atoms with Gasteiger partial charge >= 0.3 is 12.2 Å². The number of hydrogen-bond donors (Lipinski definition) is 1. The molecule has 0 saturated carbocycles. The van der Waals surface area contributed by atoms with Crippen molar-refractivity contribution in [3.63, 3.8) is 0 Å². The number of fused-ring (bicyclic) bond motifs is 3. The summed E-state index contributed by atoms with van der Waals surface area (Å²) in [4.78, 5) is 44.0. The van der Waals surface area contributed by atoms with Gasteiger partial charge in [-0.15, -0.1) is 0 Å². The second kappa shape index (κ2) is 14.5. The van der Waals surface area contributed by atoms with E-state index in [1.54, 1.807) is 29.0 Å². The molecular formula is C41H44N6O6. The Balaban J connectivity index is 1.22. The number of ether oxygens (including phenoxy) is 3. The molecule has 1 aliphatic rings. The maximum atomic E-state index is 12.6. The minimum Gasteiger partial charge on any atom is -0.497 e. The number of piperazine rings is 1. The Morgan fingerprint density at radius 2 is 1.62 bits per heavy atom. The molecule has 2 amide bonds. The number of carbonyl (C=O) groups is 2. The van der Waals surface area contributed by atoms with Crippen LogP contribution < -0.4 is 19.7 Å². The van der Waals surface area contributed by atoms with Crippen molar-refractivity contribution in [3.05, 3.63) is 84.2 Å².